The largest absolute Gasteiger partial charge is 0.448 e. The van der Waals surface area contributed by atoms with Gasteiger partial charge in [-0.2, -0.15) is 9.32 Å². The molecule has 54 heavy (non-hydrogen) atoms. The SMILES string of the molecule is CCC(Nc1ncc2cc(Oc3ccccc3F)c(=O)n(C)c2n1)c1ccccc1.COOSc1ncc2cc(Oc3ccccc3F)c(=O)n(C)c2n1. The Morgan fingerprint density at radius 1 is 0.722 bits per heavy atom. The lowest BCUT2D eigenvalue weighted by molar-refractivity contribution is -0.160. The van der Waals surface area contributed by atoms with Crippen LogP contribution < -0.4 is 25.9 Å². The molecule has 1 N–H and O–H groups in total. The maximum Gasteiger partial charge on any atom is 0.294 e. The second-order valence-corrected chi connectivity index (χ2v) is 12.2. The minimum Gasteiger partial charge on any atom is -0.448 e. The first-order valence-corrected chi connectivity index (χ1v) is 17.2. The van der Waals surface area contributed by atoms with Gasteiger partial charge in [0.2, 0.25) is 11.1 Å². The molecule has 1 atom stereocenters. The van der Waals surface area contributed by atoms with Gasteiger partial charge in [-0.05, 0) is 48.4 Å². The lowest BCUT2D eigenvalue weighted by Gasteiger charge is -2.18. The summed E-state index contributed by atoms with van der Waals surface area (Å²) < 4.78 is 45.9. The highest BCUT2D eigenvalue weighted by atomic mass is 32.2. The van der Waals surface area contributed by atoms with Crippen LogP contribution in [0.4, 0.5) is 14.7 Å². The molecular formula is C38H33F2N7O6S. The van der Waals surface area contributed by atoms with E-state index in [2.05, 4.69) is 37.1 Å². The van der Waals surface area contributed by atoms with Crippen molar-refractivity contribution in [1.29, 1.82) is 0 Å². The fourth-order valence-corrected chi connectivity index (χ4v) is 5.64. The van der Waals surface area contributed by atoms with Gasteiger partial charge in [0, 0.05) is 37.3 Å². The second-order valence-electron chi connectivity index (χ2n) is 11.5. The van der Waals surface area contributed by atoms with Gasteiger partial charge in [0.25, 0.3) is 11.1 Å². The number of hydrogen-bond acceptors (Lipinski definition) is 12. The second kappa shape index (κ2) is 17.1. The molecule has 0 amide bonds. The van der Waals surface area contributed by atoms with Crippen LogP contribution >= 0.6 is 12.0 Å². The van der Waals surface area contributed by atoms with Gasteiger partial charge in [-0.3, -0.25) is 18.7 Å². The summed E-state index contributed by atoms with van der Waals surface area (Å²) in [7, 11) is 4.50. The molecule has 0 bridgehead atoms. The minimum absolute atomic E-state index is 0.00938. The van der Waals surface area contributed by atoms with E-state index < -0.39 is 22.8 Å². The highest BCUT2D eigenvalue weighted by molar-refractivity contribution is 7.94. The molecule has 0 aliphatic heterocycles. The maximum absolute atomic E-state index is 13.9. The highest BCUT2D eigenvalue weighted by Crippen LogP contribution is 2.27. The molecule has 276 valence electrons. The first-order valence-electron chi connectivity index (χ1n) is 16.4. The summed E-state index contributed by atoms with van der Waals surface area (Å²) in [5.41, 5.74) is 1.11. The van der Waals surface area contributed by atoms with Crippen LogP contribution in [-0.4, -0.2) is 36.2 Å². The quantitative estimate of drug-likeness (QED) is 0.0599. The number of benzene rings is 3. The van der Waals surface area contributed by atoms with Gasteiger partial charge in [0.1, 0.15) is 23.3 Å². The number of aromatic nitrogens is 6. The van der Waals surface area contributed by atoms with E-state index in [4.69, 9.17) is 13.8 Å². The normalized spacial score (nSPS) is 11.5. The van der Waals surface area contributed by atoms with E-state index >= 15 is 0 Å². The zero-order valence-corrected chi connectivity index (χ0v) is 30.2. The molecule has 7 rings (SSSR count). The van der Waals surface area contributed by atoms with Crippen LogP contribution in [-0.2, 0) is 23.3 Å². The van der Waals surface area contributed by atoms with Crippen molar-refractivity contribution in [1.82, 2.24) is 29.1 Å². The standard InChI is InChI=1S/C23H21FN4O2.C15H12FN3O4S/c1-3-18(15-9-5-4-6-10-15)26-23-25-14-16-13-20(22(29)28(2)21(16)27-23)30-19-12-8-7-11-17(19)24;1-19-13-9(8-17-15(18-13)24-23-21-2)7-12(14(19)20)22-11-6-4-3-5-10(11)16/h4-14,18H,3H2,1-2H3,(H,25,26,27);3-8H,1-2H3. The molecule has 1 unspecified atom stereocenters. The molecular weight excluding hydrogens is 721 g/mol. The zero-order chi connectivity index (χ0) is 38.2. The van der Waals surface area contributed by atoms with Crippen LogP contribution in [0.15, 0.2) is 118 Å². The Morgan fingerprint density at radius 3 is 1.78 bits per heavy atom. The predicted molar refractivity (Wildman–Crippen MR) is 200 cm³/mol. The number of pyridine rings is 2. The summed E-state index contributed by atoms with van der Waals surface area (Å²) in [6.45, 7) is 2.08. The fourth-order valence-electron chi connectivity index (χ4n) is 5.29. The summed E-state index contributed by atoms with van der Waals surface area (Å²) in [4.78, 5) is 46.8. The molecule has 7 aromatic rings. The Morgan fingerprint density at radius 2 is 1.24 bits per heavy atom. The van der Waals surface area contributed by atoms with Gasteiger partial charge in [-0.25, -0.2) is 28.6 Å². The lowest BCUT2D eigenvalue weighted by Crippen LogP contribution is -2.20. The van der Waals surface area contributed by atoms with Gasteiger partial charge in [-0.1, -0.05) is 61.5 Å². The van der Waals surface area contributed by atoms with E-state index in [-0.39, 0.29) is 34.2 Å². The molecule has 16 heteroatoms. The van der Waals surface area contributed by atoms with Crippen molar-refractivity contribution in [2.45, 2.75) is 24.5 Å². The average Bonchev–Trinajstić information content (AvgIpc) is 3.19. The zero-order valence-electron chi connectivity index (χ0n) is 29.4. The molecule has 0 aliphatic carbocycles. The lowest BCUT2D eigenvalue weighted by atomic mass is 10.1. The Labute approximate surface area is 311 Å². The fraction of sp³-hybridized carbons (Fsp3) is 0.158. The molecule has 0 fully saturated rings. The number of anilines is 1. The number of aryl methyl sites for hydroxylation is 2. The van der Waals surface area contributed by atoms with Crippen molar-refractivity contribution in [3.05, 3.63) is 141 Å². The third kappa shape index (κ3) is 8.52. The number of para-hydroxylation sites is 2. The molecule has 0 saturated heterocycles. The maximum atomic E-state index is 13.9. The summed E-state index contributed by atoms with van der Waals surface area (Å²) in [6.07, 6.45) is 3.98. The van der Waals surface area contributed by atoms with Gasteiger partial charge >= 0.3 is 0 Å². The first kappa shape index (κ1) is 37.5. The molecule has 0 saturated carbocycles. The van der Waals surface area contributed by atoms with Crippen LogP contribution in [0.1, 0.15) is 24.9 Å². The number of nitrogens with zero attached hydrogens (tertiary/aromatic N) is 6. The molecule has 0 spiro atoms. The van der Waals surface area contributed by atoms with Crippen LogP contribution in [0.25, 0.3) is 22.1 Å². The molecule has 0 radical (unpaired) electrons. The highest BCUT2D eigenvalue weighted by Gasteiger charge is 2.16. The van der Waals surface area contributed by atoms with Crippen molar-refractivity contribution < 1.29 is 27.5 Å². The van der Waals surface area contributed by atoms with Crippen molar-refractivity contribution in [3.8, 4) is 23.0 Å². The molecule has 13 nitrogen and oxygen atoms in total. The third-order valence-electron chi connectivity index (χ3n) is 8.01. The van der Waals surface area contributed by atoms with Crippen molar-refractivity contribution in [2.75, 3.05) is 12.4 Å². The molecule has 3 aromatic carbocycles. The van der Waals surface area contributed by atoms with Gasteiger partial charge in [0.05, 0.1) is 13.2 Å². The Hall–Kier alpha value is -6.23. The number of ether oxygens (including phenoxy) is 2. The summed E-state index contributed by atoms with van der Waals surface area (Å²) in [5.74, 6) is -0.725. The number of halogens is 2. The Balaban J connectivity index is 0.000000189. The van der Waals surface area contributed by atoms with E-state index in [1.165, 1.54) is 72.0 Å². The predicted octanol–water partition coefficient (Wildman–Crippen LogP) is 7.67. The van der Waals surface area contributed by atoms with Crippen molar-refractivity contribution in [2.24, 2.45) is 14.1 Å². The Bertz CT molecular complexity index is 2540. The monoisotopic (exact) mass is 753 g/mol. The average molecular weight is 754 g/mol. The molecule has 4 heterocycles. The van der Waals surface area contributed by atoms with E-state index in [0.29, 0.717) is 28.0 Å². The Kier molecular flexibility index (Phi) is 11.9. The topological polar surface area (TPSA) is 145 Å². The van der Waals surface area contributed by atoms with Gasteiger partial charge in [0.15, 0.2) is 34.6 Å². The summed E-state index contributed by atoms with van der Waals surface area (Å²) in [6, 6.07) is 24.9. The van der Waals surface area contributed by atoms with Gasteiger partial charge in [-0.15, -0.1) is 0 Å². The summed E-state index contributed by atoms with van der Waals surface area (Å²) in [5, 5.41) is 4.78. The van der Waals surface area contributed by atoms with Crippen LogP contribution in [0.3, 0.4) is 0 Å². The first-order chi connectivity index (χ1) is 26.2. The third-order valence-corrected chi connectivity index (χ3v) is 8.56. The number of fused-ring (bicyclic) bond motifs is 2. The van der Waals surface area contributed by atoms with E-state index in [1.54, 1.807) is 31.4 Å². The van der Waals surface area contributed by atoms with E-state index in [1.807, 2.05) is 30.3 Å². The molecule has 0 aliphatic rings. The van der Waals surface area contributed by atoms with Crippen molar-refractivity contribution in [3.63, 3.8) is 0 Å². The van der Waals surface area contributed by atoms with E-state index in [9.17, 15) is 18.4 Å². The summed E-state index contributed by atoms with van der Waals surface area (Å²) >= 11 is 0.818. The number of rotatable bonds is 11. The van der Waals surface area contributed by atoms with Gasteiger partial charge < -0.3 is 14.8 Å². The van der Waals surface area contributed by atoms with E-state index in [0.717, 1.165) is 24.0 Å². The smallest absolute Gasteiger partial charge is 0.294 e. The van der Waals surface area contributed by atoms with Crippen molar-refractivity contribution >= 4 is 40.1 Å². The van der Waals surface area contributed by atoms with Crippen LogP contribution in [0, 0.1) is 11.6 Å². The number of nitrogens with one attached hydrogen (secondary N) is 1. The van der Waals surface area contributed by atoms with Crippen LogP contribution in [0.5, 0.6) is 23.0 Å². The van der Waals surface area contributed by atoms with Crippen LogP contribution in [0.2, 0.25) is 0 Å². The molecule has 4 aromatic heterocycles. The minimum atomic E-state index is -0.556. The number of hydrogen-bond donors (Lipinski definition) is 1.